The van der Waals surface area contributed by atoms with Crippen LogP contribution in [0.3, 0.4) is 0 Å². The standard InChI is InChI=1S/C18H23N5OS/c1-13(12-22-10-4-3-5-11-22)16-19-20-18-23(16)21-17(25-18)14-6-8-15(24-2)9-7-14/h6-9,13H,3-5,10-12H2,1-2H3. The fourth-order valence-corrected chi connectivity index (χ4v) is 4.25. The van der Waals surface area contributed by atoms with Crippen LogP contribution in [-0.2, 0) is 0 Å². The van der Waals surface area contributed by atoms with Crippen molar-refractivity contribution in [3.05, 3.63) is 30.1 Å². The number of fused-ring (bicyclic) bond motifs is 1. The summed E-state index contributed by atoms with van der Waals surface area (Å²) in [5.41, 5.74) is 1.07. The lowest BCUT2D eigenvalue weighted by Gasteiger charge is -2.28. The van der Waals surface area contributed by atoms with Gasteiger partial charge in [0.2, 0.25) is 4.96 Å². The van der Waals surface area contributed by atoms with Gasteiger partial charge in [0.05, 0.1) is 7.11 Å². The van der Waals surface area contributed by atoms with Gasteiger partial charge in [-0.15, -0.1) is 10.2 Å². The molecule has 1 atom stereocenters. The molecule has 2 aromatic heterocycles. The van der Waals surface area contributed by atoms with Crippen LogP contribution >= 0.6 is 11.3 Å². The summed E-state index contributed by atoms with van der Waals surface area (Å²) in [7, 11) is 1.67. The van der Waals surface area contributed by atoms with E-state index in [2.05, 4.69) is 22.0 Å². The van der Waals surface area contributed by atoms with Crippen LogP contribution in [0.15, 0.2) is 24.3 Å². The van der Waals surface area contributed by atoms with Crippen LogP contribution < -0.4 is 4.74 Å². The second-order valence-corrected chi connectivity index (χ2v) is 7.61. The highest BCUT2D eigenvalue weighted by Crippen LogP contribution is 2.28. The summed E-state index contributed by atoms with van der Waals surface area (Å²) in [6, 6.07) is 7.97. The van der Waals surface area contributed by atoms with E-state index in [0.717, 1.165) is 33.7 Å². The summed E-state index contributed by atoms with van der Waals surface area (Å²) in [4.78, 5) is 3.39. The molecule has 0 spiro atoms. The van der Waals surface area contributed by atoms with E-state index in [1.165, 1.54) is 32.4 Å². The summed E-state index contributed by atoms with van der Waals surface area (Å²) in [6.07, 6.45) is 3.97. The van der Waals surface area contributed by atoms with E-state index in [9.17, 15) is 0 Å². The Balaban J connectivity index is 1.56. The summed E-state index contributed by atoms with van der Waals surface area (Å²) in [6.45, 7) is 5.63. The molecular weight excluding hydrogens is 334 g/mol. The van der Waals surface area contributed by atoms with Gasteiger partial charge in [-0.05, 0) is 50.2 Å². The molecule has 6 nitrogen and oxygen atoms in total. The maximum atomic E-state index is 5.22. The summed E-state index contributed by atoms with van der Waals surface area (Å²) in [5, 5.41) is 14.5. The topological polar surface area (TPSA) is 55.6 Å². The number of rotatable bonds is 5. The second kappa shape index (κ2) is 7.09. The number of piperidine rings is 1. The number of ether oxygens (including phenoxy) is 1. The summed E-state index contributed by atoms with van der Waals surface area (Å²) in [5.74, 6) is 2.12. The van der Waals surface area contributed by atoms with E-state index >= 15 is 0 Å². The van der Waals surface area contributed by atoms with E-state index in [1.54, 1.807) is 18.4 Å². The van der Waals surface area contributed by atoms with Crippen molar-refractivity contribution >= 4 is 16.3 Å². The van der Waals surface area contributed by atoms with Crippen LogP contribution in [0.5, 0.6) is 5.75 Å². The van der Waals surface area contributed by atoms with Crippen molar-refractivity contribution in [2.45, 2.75) is 32.1 Å². The quantitative estimate of drug-likeness (QED) is 0.700. The number of methoxy groups -OCH3 is 1. The van der Waals surface area contributed by atoms with E-state index in [4.69, 9.17) is 9.84 Å². The minimum atomic E-state index is 0.318. The van der Waals surface area contributed by atoms with Crippen molar-refractivity contribution in [2.24, 2.45) is 0 Å². The van der Waals surface area contributed by atoms with Crippen molar-refractivity contribution < 1.29 is 4.74 Å². The molecule has 0 radical (unpaired) electrons. The Hall–Kier alpha value is -1.99. The van der Waals surface area contributed by atoms with Crippen molar-refractivity contribution in [1.82, 2.24) is 24.7 Å². The lowest BCUT2D eigenvalue weighted by atomic mass is 10.1. The number of likely N-dealkylation sites (tertiary alicyclic amines) is 1. The second-order valence-electron chi connectivity index (χ2n) is 6.65. The maximum absolute atomic E-state index is 5.22. The van der Waals surface area contributed by atoms with E-state index in [1.807, 2.05) is 28.8 Å². The molecule has 25 heavy (non-hydrogen) atoms. The van der Waals surface area contributed by atoms with Crippen LogP contribution in [0.2, 0.25) is 0 Å². The van der Waals surface area contributed by atoms with Gasteiger partial charge < -0.3 is 9.64 Å². The first-order valence-electron chi connectivity index (χ1n) is 8.83. The van der Waals surface area contributed by atoms with Crippen LogP contribution in [-0.4, -0.2) is 51.5 Å². The monoisotopic (exact) mass is 357 g/mol. The molecule has 1 unspecified atom stereocenters. The SMILES string of the molecule is COc1ccc(-c2nn3c(C(C)CN4CCCCC4)nnc3s2)cc1. The summed E-state index contributed by atoms with van der Waals surface area (Å²) < 4.78 is 7.14. The highest BCUT2D eigenvalue weighted by Gasteiger charge is 2.21. The molecule has 7 heteroatoms. The smallest absolute Gasteiger partial charge is 0.234 e. The molecule has 3 aromatic rings. The van der Waals surface area contributed by atoms with Crippen molar-refractivity contribution in [2.75, 3.05) is 26.7 Å². The highest BCUT2D eigenvalue weighted by atomic mass is 32.1. The van der Waals surface area contributed by atoms with Crippen molar-refractivity contribution in [1.29, 1.82) is 0 Å². The fourth-order valence-electron chi connectivity index (χ4n) is 3.40. The number of hydrogen-bond donors (Lipinski definition) is 0. The average molecular weight is 357 g/mol. The molecule has 132 valence electrons. The number of aromatic nitrogens is 4. The van der Waals surface area contributed by atoms with Crippen LogP contribution in [0, 0.1) is 0 Å². The van der Waals surface area contributed by atoms with Gasteiger partial charge in [-0.2, -0.15) is 9.61 Å². The molecule has 1 saturated heterocycles. The molecule has 0 amide bonds. The van der Waals surface area contributed by atoms with E-state index in [-0.39, 0.29) is 0 Å². The zero-order chi connectivity index (χ0) is 17.2. The van der Waals surface area contributed by atoms with Gasteiger partial charge in [-0.3, -0.25) is 0 Å². The molecule has 0 aliphatic carbocycles. The third-order valence-corrected chi connectivity index (χ3v) is 5.72. The molecule has 4 rings (SSSR count). The first-order valence-corrected chi connectivity index (χ1v) is 9.65. The molecule has 0 bridgehead atoms. The normalized spacial score (nSPS) is 17.0. The number of hydrogen-bond acceptors (Lipinski definition) is 6. The molecule has 3 heterocycles. The number of nitrogens with zero attached hydrogens (tertiary/aromatic N) is 5. The zero-order valence-electron chi connectivity index (χ0n) is 14.7. The summed E-state index contributed by atoms with van der Waals surface area (Å²) >= 11 is 1.57. The predicted molar refractivity (Wildman–Crippen MR) is 99.4 cm³/mol. The Bertz CT molecular complexity index is 835. The van der Waals surface area contributed by atoms with Crippen LogP contribution in [0.25, 0.3) is 15.5 Å². The van der Waals surface area contributed by atoms with Gasteiger partial charge in [0, 0.05) is 18.0 Å². The molecule has 0 saturated carbocycles. The first-order chi connectivity index (χ1) is 12.2. The van der Waals surface area contributed by atoms with E-state index in [0.29, 0.717) is 5.92 Å². The zero-order valence-corrected chi connectivity index (χ0v) is 15.5. The average Bonchev–Trinajstić information content (AvgIpc) is 3.23. The molecule has 0 N–H and O–H groups in total. The molecule has 1 fully saturated rings. The molecular formula is C18H23N5OS. The molecule has 1 aromatic carbocycles. The third-order valence-electron chi connectivity index (χ3n) is 4.77. The third kappa shape index (κ3) is 3.39. The van der Waals surface area contributed by atoms with Crippen LogP contribution in [0.1, 0.15) is 37.9 Å². The Morgan fingerprint density at radius 3 is 2.60 bits per heavy atom. The Morgan fingerprint density at radius 1 is 1.12 bits per heavy atom. The van der Waals surface area contributed by atoms with Gasteiger partial charge in [0.25, 0.3) is 0 Å². The minimum Gasteiger partial charge on any atom is -0.497 e. The van der Waals surface area contributed by atoms with E-state index < -0.39 is 0 Å². The van der Waals surface area contributed by atoms with Crippen LogP contribution in [0.4, 0.5) is 0 Å². The Morgan fingerprint density at radius 2 is 1.88 bits per heavy atom. The Labute approximate surface area is 151 Å². The fraction of sp³-hybridized carbons (Fsp3) is 0.500. The lowest BCUT2D eigenvalue weighted by Crippen LogP contribution is -2.33. The van der Waals surface area contributed by atoms with Gasteiger partial charge >= 0.3 is 0 Å². The van der Waals surface area contributed by atoms with Crippen molar-refractivity contribution in [3.8, 4) is 16.3 Å². The van der Waals surface area contributed by atoms with Gasteiger partial charge in [0.1, 0.15) is 10.8 Å². The lowest BCUT2D eigenvalue weighted by molar-refractivity contribution is 0.216. The predicted octanol–water partition coefficient (Wildman–Crippen LogP) is 3.45. The van der Waals surface area contributed by atoms with Crippen molar-refractivity contribution in [3.63, 3.8) is 0 Å². The Kier molecular flexibility index (Phi) is 4.67. The van der Waals surface area contributed by atoms with Gasteiger partial charge in [-0.1, -0.05) is 24.7 Å². The van der Waals surface area contributed by atoms with Gasteiger partial charge in [0.15, 0.2) is 5.82 Å². The number of benzene rings is 1. The molecule has 1 aliphatic rings. The van der Waals surface area contributed by atoms with Gasteiger partial charge in [-0.25, -0.2) is 0 Å². The first kappa shape index (κ1) is 16.5. The highest BCUT2D eigenvalue weighted by molar-refractivity contribution is 7.19. The largest absolute Gasteiger partial charge is 0.497 e. The maximum Gasteiger partial charge on any atom is 0.234 e. The molecule has 1 aliphatic heterocycles. The minimum absolute atomic E-state index is 0.318.